The number of rotatable bonds is 9. The number of pyridine rings is 2. The highest BCUT2D eigenvalue weighted by Crippen LogP contribution is 2.32. The topological polar surface area (TPSA) is 202 Å². The number of carboxylic acid groups (broad SMARTS) is 2. The summed E-state index contributed by atoms with van der Waals surface area (Å²) in [6.07, 6.45) is -0.307. The number of ether oxygens (including phenoxy) is 1. The van der Waals surface area contributed by atoms with Crippen molar-refractivity contribution in [3.8, 4) is 0 Å². The van der Waals surface area contributed by atoms with Gasteiger partial charge in [0.2, 0.25) is 0 Å². The Bertz CT molecular complexity index is 1940. The number of benzene rings is 2. The largest absolute Gasteiger partial charge is 0.465 e. The van der Waals surface area contributed by atoms with Gasteiger partial charge in [-0.3, -0.25) is 15.1 Å². The van der Waals surface area contributed by atoms with E-state index in [1.54, 1.807) is 18.3 Å². The van der Waals surface area contributed by atoms with Crippen LogP contribution in [0.15, 0.2) is 73.1 Å². The zero-order valence-electron chi connectivity index (χ0n) is 28.8. The van der Waals surface area contributed by atoms with Crippen molar-refractivity contribution in [1.82, 2.24) is 25.5 Å². The number of anilines is 4. The maximum absolute atomic E-state index is 14.2. The SMILES string of the molecule is C[C@H]1CN(c2ccncc2NC(=O)c2nc3cc(N4CCN(C)CC4)ccc3cc2NC(=O)OCc2ccccc2)C[C@@H](NC(=O)O)[C@H]1NC(=O)O. The lowest BCUT2D eigenvalue weighted by molar-refractivity contribution is 0.102. The van der Waals surface area contributed by atoms with E-state index in [4.69, 9.17) is 9.72 Å². The molecule has 3 atom stereocenters. The van der Waals surface area contributed by atoms with Crippen LogP contribution in [0.3, 0.4) is 0 Å². The number of hydrogen-bond donors (Lipinski definition) is 6. The number of fused-ring (bicyclic) bond motifs is 1. The molecule has 2 saturated heterocycles. The van der Waals surface area contributed by atoms with Gasteiger partial charge in [0.15, 0.2) is 5.69 Å². The molecule has 0 unspecified atom stereocenters. The van der Waals surface area contributed by atoms with Gasteiger partial charge in [-0.15, -0.1) is 0 Å². The quantitative estimate of drug-likeness (QED) is 0.145. The summed E-state index contributed by atoms with van der Waals surface area (Å²) in [5.41, 5.74) is 3.25. The molecule has 16 nitrogen and oxygen atoms in total. The molecule has 4 aromatic rings. The Labute approximate surface area is 299 Å². The Hall–Kier alpha value is -6.16. The predicted molar refractivity (Wildman–Crippen MR) is 195 cm³/mol. The molecule has 2 aromatic heterocycles. The van der Waals surface area contributed by atoms with Gasteiger partial charge in [-0.25, -0.2) is 19.4 Å². The number of piperazine rings is 1. The molecular formula is C36H41N9O7. The lowest BCUT2D eigenvalue weighted by Crippen LogP contribution is -2.64. The van der Waals surface area contributed by atoms with Crippen LogP contribution >= 0.6 is 0 Å². The summed E-state index contributed by atoms with van der Waals surface area (Å²) >= 11 is 0. The molecule has 16 heteroatoms. The molecule has 6 rings (SSSR count). The van der Waals surface area contributed by atoms with Crippen molar-refractivity contribution in [3.63, 3.8) is 0 Å². The standard InChI is InChI=1S/C36H41N9O7/c1-22-19-45(20-29(40-34(47)48)31(22)42-35(49)50)30-10-11-37-18-28(30)39-33(46)32-27(41-36(51)52-21-23-6-4-3-5-7-23)16-24-8-9-25(17-26(24)38-32)44-14-12-43(2)13-15-44/h3-11,16-18,22,29,31,40,42H,12-15,19-21H2,1-2H3,(H,39,46)(H,41,51)(H,47,48)(H,49,50)/t22-,29+,31-/m0/s1. The lowest BCUT2D eigenvalue weighted by Gasteiger charge is -2.43. The number of amides is 4. The second-order valence-corrected chi connectivity index (χ2v) is 13.0. The normalized spacial score (nSPS) is 19.1. The van der Waals surface area contributed by atoms with E-state index in [1.807, 2.05) is 60.4 Å². The molecule has 2 aliphatic rings. The Morgan fingerprint density at radius 3 is 2.35 bits per heavy atom. The molecule has 2 aromatic carbocycles. The van der Waals surface area contributed by atoms with Gasteiger partial charge in [0.05, 0.1) is 40.9 Å². The molecule has 0 saturated carbocycles. The fourth-order valence-corrected chi connectivity index (χ4v) is 6.65. The molecule has 4 amide bonds. The number of nitrogens with zero attached hydrogens (tertiary/aromatic N) is 5. The van der Waals surface area contributed by atoms with Gasteiger partial charge in [0.25, 0.3) is 5.91 Å². The number of hydrogen-bond acceptors (Lipinski definition) is 10. The number of aromatic nitrogens is 2. The summed E-state index contributed by atoms with van der Waals surface area (Å²) in [5, 5.41) is 30.0. The first-order chi connectivity index (χ1) is 25.0. The molecule has 52 heavy (non-hydrogen) atoms. The van der Waals surface area contributed by atoms with Gasteiger partial charge >= 0.3 is 18.3 Å². The molecule has 0 bridgehead atoms. The molecule has 2 aliphatic heterocycles. The van der Waals surface area contributed by atoms with Crippen LogP contribution in [0.5, 0.6) is 0 Å². The van der Waals surface area contributed by atoms with E-state index in [0.717, 1.165) is 37.4 Å². The summed E-state index contributed by atoms with van der Waals surface area (Å²) < 4.78 is 5.46. The summed E-state index contributed by atoms with van der Waals surface area (Å²) in [7, 11) is 2.09. The second-order valence-electron chi connectivity index (χ2n) is 13.0. The lowest BCUT2D eigenvalue weighted by atomic mass is 9.89. The van der Waals surface area contributed by atoms with E-state index >= 15 is 0 Å². The van der Waals surface area contributed by atoms with E-state index in [9.17, 15) is 29.4 Å². The van der Waals surface area contributed by atoms with Crippen molar-refractivity contribution in [1.29, 1.82) is 0 Å². The highest BCUT2D eigenvalue weighted by Gasteiger charge is 2.37. The first-order valence-electron chi connectivity index (χ1n) is 16.9. The van der Waals surface area contributed by atoms with Gasteiger partial charge in [-0.05, 0) is 42.8 Å². The number of piperidine rings is 1. The number of likely N-dealkylation sites (N-methyl/N-ethyl adjacent to an activating group) is 1. The van der Waals surface area contributed by atoms with Gasteiger partial charge in [0.1, 0.15) is 6.61 Å². The molecule has 0 aliphatic carbocycles. The zero-order valence-corrected chi connectivity index (χ0v) is 28.8. The minimum atomic E-state index is -1.29. The third-order valence-electron chi connectivity index (χ3n) is 9.29. The van der Waals surface area contributed by atoms with Crippen molar-refractivity contribution < 1.29 is 34.1 Å². The molecule has 6 N–H and O–H groups in total. The molecule has 2 fully saturated rings. The first-order valence-corrected chi connectivity index (χ1v) is 16.9. The average molecular weight is 712 g/mol. The molecule has 4 heterocycles. The van der Waals surface area contributed by atoms with Crippen LogP contribution in [0.2, 0.25) is 0 Å². The fraction of sp³-hybridized carbons (Fsp3) is 0.333. The van der Waals surface area contributed by atoms with Crippen LogP contribution < -0.4 is 31.1 Å². The molecule has 0 spiro atoms. The highest BCUT2D eigenvalue weighted by atomic mass is 16.5. The van der Waals surface area contributed by atoms with E-state index in [1.165, 1.54) is 6.20 Å². The van der Waals surface area contributed by atoms with Crippen molar-refractivity contribution in [2.45, 2.75) is 25.6 Å². The van der Waals surface area contributed by atoms with Crippen LogP contribution in [0.1, 0.15) is 23.0 Å². The van der Waals surface area contributed by atoms with Gasteiger partial charge < -0.3 is 45.6 Å². The summed E-state index contributed by atoms with van der Waals surface area (Å²) in [5.74, 6) is -0.942. The smallest absolute Gasteiger partial charge is 0.412 e. The maximum atomic E-state index is 14.2. The van der Waals surface area contributed by atoms with Crippen LogP contribution in [-0.4, -0.2) is 108 Å². The minimum absolute atomic E-state index is 0.0253. The second kappa shape index (κ2) is 15.8. The van der Waals surface area contributed by atoms with E-state index in [2.05, 4.69) is 43.1 Å². The maximum Gasteiger partial charge on any atom is 0.412 e. The molecular weight excluding hydrogens is 670 g/mol. The van der Waals surface area contributed by atoms with Crippen molar-refractivity contribution >= 4 is 57.8 Å². The average Bonchev–Trinajstić information content (AvgIpc) is 3.12. The Kier molecular flexibility index (Phi) is 10.8. The first kappa shape index (κ1) is 35.7. The van der Waals surface area contributed by atoms with Crippen molar-refractivity contribution in [2.24, 2.45) is 5.92 Å². The highest BCUT2D eigenvalue weighted by molar-refractivity contribution is 6.11. The van der Waals surface area contributed by atoms with E-state index < -0.39 is 36.3 Å². The Morgan fingerprint density at radius 2 is 1.62 bits per heavy atom. The van der Waals surface area contributed by atoms with Crippen LogP contribution in [0, 0.1) is 5.92 Å². The monoisotopic (exact) mass is 711 g/mol. The third kappa shape index (κ3) is 8.58. The van der Waals surface area contributed by atoms with Gasteiger partial charge in [-0.2, -0.15) is 0 Å². The summed E-state index contributed by atoms with van der Waals surface area (Å²) in [6.45, 7) is 5.82. The Morgan fingerprint density at radius 1 is 0.865 bits per heavy atom. The molecule has 0 radical (unpaired) electrons. The predicted octanol–water partition coefficient (Wildman–Crippen LogP) is 4.11. The number of nitrogens with one attached hydrogen (secondary N) is 4. The van der Waals surface area contributed by atoms with Gasteiger partial charge in [0, 0.05) is 56.5 Å². The minimum Gasteiger partial charge on any atom is -0.465 e. The Balaban J connectivity index is 1.29. The van der Waals surface area contributed by atoms with Gasteiger partial charge in [-0.1, -0.05) is 43.3 Å². The number of carbonyl (C=O) groups excluding carboxylic acids is 2. The van der Waals surface area contributed by atoms with Crippen molar-refractivity contribution in [2.75, 3.05) is 66.7 Å². The number of carbonyl (C=O) groups is 4. The van der Waals surface area contributed by atoms with Crippen LogP contribution in [0.25, 0.3) is 10.9 Å². The molecule has 272 valence electrons. The fourth-order valence-electron chi connectivity index (χ4n) is 6.65. The van der Waals surface area contributed by atoms with Crippen molar-refractivity contribution in [3.05, 3.63) is 84.3 Å². The summed E-state index contributed by atoms with van der Waals surface area (Å²) in [6, 6.07) is 16.9. The zero-order chi connectivity index (χ0) is 36.8. The third-order valence-corrected chi connectivity index (χ3v) is 9.29. The van der Waals surface area contributed by atoms with Crippen LogP contribution in [0.4, 0.5) is 37.1 Å². The van der Waals surface area contributed by atoms with E-state index in [-0.39, 0.29) is 30.5 Å². The summed E-state index contributed by atoms with van der Waals surface area (Å²) in [4.78, 5) is 65.7. The van der Waals surface area contributed by atoms with E-state index in [0.29, 0.717) is 28.8 Å². The van der Waals surface area contributed by atoms with Crippen LogP contribution in [-0.2, 0) is 11.3 Å².